The zero-order chi connectivity index (χ0) is 16.3. The molecule has 0 bridgehead atoms. The highest BCUT2D eigenvalue weighted by Crippen LogP contribution is 2.15. The Bertz CT molecular complexity index is 811. The van der Waals surface area contributed by atoms with Gasteiger partial charge in [0.15, 0.2) is 0 Å². The molecule has 0 spiro atoms. The first-order valence-electron chi connectivity index (χ1n) is 6.33. The van der Waals surface area contributed by atoms with Crippen LogP contribution in [0.5, 0.6) is 5.75 Å². The molecular weight excluding hydrogens is 291 g/mol. The van der Waals surface area contributed by atoms with Crippen molar-refractivity contribution < 1.29 is 18.7 Å². The van der Waals surface area contributed by atoms with Crippen molar-refractivity contribution in [3.05, 3.63) is 63.5 Å². The standard InChI is InChI=1S/C15H13FN2O4/c1-8-6-12(19)13(15(21)22-8)9(2)17-18-14(20)10-4-3-5-11(16)7-10/h3-7,19H,1-2H3,(H,18,20). The Labute approximate surface area is 124 Å². The van der Waals surface area contributed by atoms with Gasteiger partial charge in [0.05, 0.1) is 5.71 Å². The first-order valence-corrected chi connectivity index (χ1v) is 6.33. The Kier molecular flexibility index (Phi) is 4.36. The lowest BCUT2D eigenvalue weighted by Crippen LogP contribution is -2.21. The molecule has 0 unspecified atom stereocenters. The SMILES string of the molecule is CC(=NNC(=O)c1cccc(F)c1)c1c(O)cc(C)oc1=O. The Morgan fingerprint density at radius 2 is 2.09 bits per heavy atom. The summed E-state index contributed by atoms with van der Waals surface area (Å²) in [4.78, 5) is 23.5. The summed E-state index contributed by atoms with van der Waals surface area (Å²) in [6.45, 7) is 2.94. The fourth-order valence-corrected chi connectivity index (χ4v) is 1.81. The van der Waals surface area contributed by atoms with E-state index < -0.39 is 17.3 Å². The number of benzene rings is 1. The Balaban J connectivity index is 2.24. The number of amides is 1. The molecule has 1 heterocycles. The summed E-state index contributed by atoms with van der Waals surface area (Å²) in [5.74, 6) is -1.24. The molecule has 0 atom stereocenters. The van der Waals surface area contributed by atoms with Gasteiger partial charge in [0.1, 0.15) is 22.9 Å². The maximum Gasteiger partial charge on any atom is 0.348 e. The van der Waals surface area contributed by atoms with E-state index in [0.29, 0.717) is 0 Å². The largest absolute Gasteiger partial charge is 0.507 e. The minimum Gasteiger partial charge on any atom is -0.507 e. The fourth-order valence-electron chi connectivity index (χ4n) is 1.81. The average molecular weight is 304 g/mol. The van der Waals surface area contributed by atoms with Gasteiger partial charge in [-0.25, -0.2) is 14.6 Å². The van der Waals surface area contributed by atoms with Crippen LogP contribution in [0.15, 0.2) is 44.6 Å². The van der Waals surface area contributed by atoms with E-state index in [2.05, 4.69) is 10.5 Å². The number of aromatic hydroxyl groups is 1. The van der Waals surface area contributed by atoms with Crippen LogP contribution >= 0.6 is 0 Å². The molecule has 0 aliphatic heterocycles. The molecule has 2 N–H and O–H groups in total. The highest BCUT2D eigenvalue weighted by atomic mass is 19.1. The van der Waals surface area contributed by atoms with Crippen LogP contribution in [0.4, 0.5) is 4.39 Å². The molecule has 7 heteroatoms. The molecule has 6 nitrogen and oxygen atoms in total. The van der Waals surface area contributed by atoms with E-state index in [-0.39, 0.29) is 28.3 Å². The van der Waals surface area contributed by atoms with Gasteiger partial charge in [-0.1, -0.05) is 6.07 Å². The molecule has 0 saturated carbocycles. The molecule has 2 rings (SSSR count). The molecule has 2 aromatic rings. The van der Waals surface area contributed by atoms with Crippen molar-refractivity contribution in [1.82, 2.24) is 5.43 Å². The van der Waals surface area contributed by atoms with Crippen LogP contribution in [-0.4, -0.2) is 16.7 Å². The number of nitrogens with one attached hydrogen (secondary N) is 1. The van der Waals surface area contributed by atoms with E-state index in [9.17, 15) is 19.1 Å². The van der Waals surface area contributed by atoms with Gasteiger partial charge in [-0.05, 0) is 32.0 Å². The van der Waals surface area contributed by atoms with Crippen LogP contribution in [0.25, 0.3) is 0 Å². The highest BCUT2D eigenvalue weighted by Gasteiger charge is 2.13. The molecule has 0 aliphatic carbocycles. The molecule has 1 aromatic heterocycles. The van der Waals surface area contributed by atoms with Gasteiger partial charge in [-0.15, -0.1) is 0 Å². The smallest absolute Gasteiger partial charge is 0.348 e. The number of halogens is 1. The molecule has 0 aliphatic rings. The maximum absolute atomic E-state index is 13.0. The fraction of sp³-hybridized carbons (Fsp3) is 0.133. The first-order chi connectivity index (χ1) is 10.4. The van der Waals surface area contributed by atoms with E-state index in [4.69, 9.17) is 4.42 Å². The second-order valence-electron chi connectivity index (χ2n) is 4.55. The molecule has 1 amide bonds. The molecule has 0 saturated heterocycles. The van der Waals surface area contributed by atoms with Gasteiger partial charge in [-0.3, -0.25) is 4.79 Å². The lowest BCUT2D eigenvalue weighted by molar-refractivity contribution is 0.0954. The number of nitrogens with zero attached hydrogens (tertiary/aromatic N) is 1. The van der Waals surface area contributed by atoms with Gasteiger partial charge < -0.3 is 9.52 Å². The molecule has 0 fully saturated rings. The highest BCUT2D eigenvalue weighted by molar-refractivity contribution is 6.02. The number of hydrazone groups is 1. The zero-order valence-corrected chi connectivity index (χ0v) is 11.9. The molecule has 0 radical (unpaired) electrons. The van der Waals surface area contributed by atoms with Crippen LogP contribution in [0, 0.1) is 12.7 Å². The number of hydrogen-bond acceptors (Lipinski definition) is 5. The number of hydrogen-bond donors (Lipinski definition) is 2. The Morgan fingerprint density at radius 3 is 2.73 bits per heavy atom. The summed E-state index contributed by atoms with van der Waals surface area (Å²) < 4.78 is 17.9. The van der Waals surface area contributed by atoms with Crippen LogP contribution in [-0.2, 0) is 0 Å². The Hall–Kier alpha value is -2.96. The van der Waals surface area contributed by atoms with Crippen molar-refractivity contribution in [3.63, 3.8) is 0 Å². The number of carbonyl (C=O) groups is 1. The van der Waals surface area contributed by atoms with Crippen LogP contribution < -0.4 is 11.1 Å². The van der Waals surface area contributed by atoms with Gasteiger partial charge in [0.2, 0.25) is 0 Å². The minimum atomic E-state index is -0.765. The molecule has 22 heavy (non-hydrogen) atoms. The van der Waals surface area contributed by atoms with Crippen molar-refractivity contribution >= 4 is 11.6 Å². The predicted octanol–water partition coefficient (Wildman–Crippen LogP) is 1.95. The van der Waals surface area contributed by atoms with Gasteiger partial charge in [-0.2, -0.15) is 5.10 Å². The van der Waals surface area contributed by atoms with Crippen molar-refractivity contribution in [1.29, 1.82) is 0 Å². The minimum absolute atomic E-state index is 0.0657. The second-order valence-corrected chi connectivity index (χ2v) is 4.55. The van der Waals surface area contributed by atoms with Crippen LogP contribution in [0.3, 0.4) is 0 Å². The summed E-state index contributed by atoms with van der Waals surface area (Å²) in [6, 6.07) is 6.34. The molecular formula is C15H13FN2O4. The van der Waals surface area contributed by atoms with E-state index in [1.807, 2.05) is 0 Å². The van der Waals surface area contributed by atoms with E-state index >= 15 is 0 Å². The Morgan fingerprint density at radius 1 is 1.36 bits per heavy atom. The number of rotatable bonds is 3. The molecule has 1 aromatic carbocycles. The van der Waals surface area contributed by atoms with Gasteiger partial charge >= 0.3 is 5.63 Å². The van der Waals surface area contributed by atoms with Gasteiger partial charge in [0, 0.05) is 11.6 Å². The summed E-state index contributed by atoms with van der Waals surface area (Å²) in [7, 11) is 0. The summed E-state index contributed by atoms with van der Waals surface area (Å²) in [5.41, 5.74) is 1.42. The van der Waals surface area contributed by atoms with Crippen LogP contribution in [0.2, 0.25) is 0 Å². The summed E-state index contributed by atoms with van der Waals surface area (Å²) >= 11 is 0. The van der Waals surface area contributed by atoms with Crippen molar-refractivity contribution in [2.24, 2.45) is 5.10 Å². The topological polar surface area (TPSA) is 91.9 Å². The summed E-state index contributed by atoms with van der Waals surface area (Å²) in [6.07, 6.45) is 0. The quantitative estimate of drug-likeness (QED) is 0.669. The third-order valence-corrected chi connectivity index (χ3v) is 2.83. The lowest BCUT2D eigenvalue weighted by atomic mass is 10.2. The number of aryl methyl sites for hydroxylation is 1. The normalized spacial score (nSPS) is 11.3. The van der Waals surface area contributed by atoms with Crippen molar-refractivity contribution in [2.45, 2.75) is 13.8 Å². The van der Waals surface area contributed by atoms with E-state index in [1.54, 1.807) is 0 Å². The monoisotopic (exact) mass is 304 g/mol. The predicted molar refractivity (Wildman–Crippen MR) is 77.5 cm³/mol. The third-order valence-electron chi connectivity index (χ3n) is 2.83. The lowest BCUT2D eigenvalue weighted by Gasteiger charge is -2.04. The van der Waals surface area contributed by atoms with Crippen LogP contribution in [0.1, 0.15) is 28.6 Å². The van der Waals surface area contributed by atoms with E-state index in [0.717, 1.165) is 6.07 Å². The second kappa shape index (κ2) is 6.21. The average Bonchev–Trinajstić information content (AvgIpc) is 2.43. The zero-order valence-electron chi connectivity index (χ0n) is 11.9. The maximum atomic E-state index is 13.0. The van der Waals surface area contributed by atoms with Crippen molar-refractivity contribution in [3.8, 4) is 5.75 Å². The third kappa shape index (κ3) is 3.38. The first kappa shape index (κ1) is 15.4. The summed E-state index contributed by atoms with van der Waals surface area (Å²) in [5, 5.41) is 13.5. The van der Waals surface area contributed by atoms with E-state index in [1.165, 1.54) is 38.1 Å². The number of carbonyl (C=O) groups excluding carboxylic acids is 1. The van der Waals surface area contributed by atoms with Crippen molar-refractivity contribution in [2.75, 3.05) is 0 Å². The van der Waals surface area contributed by atoms with Gasteiger partial charge in [0.25, 0.3) is 5.91 Å². The molecule has 114 valence electrons.